The molecule has 6 heteroatoms. The zero-order chi connectivity index (χ0) is 14.6. The van der Waals surface area contributed by atoms with Gasteiger partial charge in [-0.1, -0.05) is 38.2 Å². The van der Waals surface area contributed by atoms with Crippen molar-refractivity contribution in [3.05, 3.63) is 29.8 Å². The summed E-state index contributed by atoms with van der Waals surface area (Å²) in [4.78, 5) is 0.480. The van der Waals surface area contributed by atoms with E-state index < -0.39 is 10.0 Å². The molecular formula is C13H20N2O2S2. The normalized spacial score (nSPS) is 13.5. The van der Waals surface area contributed by atoms with Gasteiger partial charge in [0.1, 0.15) is 4.99 Å². The molecule has 0 radical (unpaired) electrons. The molecule has 3 N–H and O–H groups in total. The Morgan fingerprint density at radius 2 is 1.79 bits per heavy atom. The van der Waals surface area contributed by atoms with Crippen molar-refractivity contribution in [3.8, 4) is 0 Å². The number of hydrogen-bond acceptors (Lipinski definition) is 3. The first kappa shape index (κ1) is 16.1. The van der Waals surface area contributed by atoms with Gasteiger partial charge in [-0.05, 0) is 31.4 Å². The Balaban J connectivity index is 2.85. The molecular weight excluding hydrogens is 280 g/mol. The zero-order valence-corrected chi connectivity index (χ0v) is 13.0. The summed E-state index contributed by atoms with van der Waals surface area (Å²) in [6, 6.07) is 6.16. The molecule has 0 spiro atoms. The predicted molar refractivity (Wildman–Crippen MR) is 81.6 cm³/mol. The Labute approximate surface area is 120 Å². The molecule has 4 nitrogen and oxygen atoms in total. The van der Waals surface area contributed by atoms with Gasteiger partial charge in [-0.3, -0.25) is 0 Å². The van der Waals surface area contributed by atoms with E-state index in [-0.39, 0.29) is 15.9 Å². The Morgan fingerprint density at radius 3 is 2.21 bits per heavy atom. The number of thiocarbonyl (C=S) groups is 1. The fourth-order valence-electron chi connectivity index (χ4n) is 1.89. The Bertz CT molecular complexity index is 536. The number of sulfonamides is 1. The van der Waals surface area contributed by atoms with Crippen molar-refractivity contribution in [3.63, 3.8) is 0 Å². The Morgan fingerprint density at radius 1 is 1.26 bits per heavy atom. The molecule has 1 aromatic rings. The monoisotopic (exact) mass is 300 g/mol. The van der Waals surface area contributed by atoms with Crippen LogP contribution in [0.4, 0.5) is 0 Å². The lowest BCUT2D eigenvalue weighted by Crippen LogP contribution is -2.33. The molecule has 0 saturated carbocycles. The fourth-order valence-corrected chi connectivity index (χ4v) is 3.28. The SMILES string of the molecule is CC(C)CC(C)NS(=O)(=O)c1ccc(C(N)=S)cc1. The summed E-state index contributed by atoms with van der Waals surface area (Å²) >= 11 is 4.83. The van der Waals surface area contributed by atoms with Crippen molar-refractivity contribution in [1.82, 2.24) is 4.72 Å². The van der Waals surface area contributed by atoms with Crippen LogP contribution in [-0.2, 0) is 10.0 Å². The van der Waals surface area contributed by atoms with E-state index in [1.165, 1.54) is 12.1 Å². The average Bonchev–Trinajstić information content (AvgIpc) is 2.27. The standard InChI is InChI=1S/C13H20N2O2S2/c1-9(2)8-10(3)15-19(16,17)12-6-4-11(5-7-12)13(14)18/h4-7,9-10,15H,8H2,1-3H3,(H2,14,18). The average molecular weight is 300 g/mol. The summed E-state index contributed by atoms with van der Waals surface area (Å²) in [6.07, 6.45) is 0.796. The number of hydrogen-bond donors (Lipinski definition) is 2. The second-order valence-electron chi connectivity index (χ2n) is 5.04. The lowest BCUT2D eigenvalue weighted by Gasteiger charge is -2.16. The Hall–Kier alpha value is -0.980. The van der Waals surface area contributed by atoms with Crippen molar-refractivity contribution < 1.29 is 8.42 Å². The van der Waals surface area contributed by atoms with Gasteiger partial charge in [-0.15, -0.1) is 0 Å². The maximum Gasteiger partial charge on any atom is 0.240 e. The summed E-state index contributed by atoms with van der Waals surface area (Å²) < 4.78 is 26.9. The van der Waals surface area contributed by atoms with Gasteiger partial charge in [-0.2, -0.15) is 0 Å². The topological polar surface area (TPSA) is 72.2 Å². The van der Waals surface area contributed by atoms with Crippen LogP contribution in [-0.4, -0.2) is 19.4 Å². The molecule has 0 aromatic heterocycles. The van der Waals surface area contributed by atoms with Gasteiger partial charge in [0.15, 0.2) is 0 Å². The fraction of sp³-hybridized carbons (Fsp3) is 0.462. The van der Waals surface area contributed by atoms with E-state index in [1.54, 1.807) is 12.1 Å². The van der Waals surface area contributed by atoms with Crippen molar-refractivity contribution in [2.24, 2.45) is 11.7 Å². The van der Waals surface area contributed by atoms with Crippen molar-refractivity contribution >= 4 is 27.2 Å². The lowest BCUT2D eigenvalue weighted by molar-refractivity contribution is 0.482. The number of nitrogens with one attached hydrogen (secondary N) is 1. The zero-order valence-electron chi connectivity index (χ0n) is 11.4. The Kier molecular flexibility index (Phi) is 5.46. The van der Waals surface area contributed by atoms with E-state index in [4.69, 9.17) is 18.0 Å². The van der Waals surface area contributed by atoms with Gasteiger partial charge in [0.05, 0.1) is 4.90 Å². The van der Waals surface area contributed by atoms with Crippen LogP contribution in [0.2, 0.25) is 0 Å². The first-order chi connectivity index (χ1) is 8.72. The summed E-state index contributed by atoms with van der Waals surface area (Å²) in [5.41, 5.74) is 6.13. The van der Waals surface area contributed by atoms with Crippen LogP contribution >= 0.6 is 12.2 Å². The van der Waals surface area contributed by atoms with Crippen LogP contribution in [0.1, 0.15) is 32.8 Å². The first-order valence-electron chi connectivity index (χ1n) is 6.14. The second kappa shape index (κ2) is 6.45. The molecule has 0 fully saturated rings. The summed E-state index contributed by atoms with van der Waals surface area (Å²) in [5, 5.41) is 0. The molecule has 0 aliphatic carbocycles. The molecule has 0 heterocycles. The largest absolute Gasteiger partial charge is 0.389 e. The third kappa shape index (κ3) is 4.89. The van der Waals surface area contributed by atoms with Crippen LogP contribution in [0.15, 0.2) is 29.2 Å². The molecule has 1 atom stereocenters. The highest BCUT2D eigenvalue weighted by molar-refractivity contribution is 7.89. The molecule has 19 heavy (non-hydrogen) atoms. The molecule has 0 amide bonds. The molecule has 1 rings (SSSR count). The van der Waals surface area contributed by atoms with Crippen LogP contribution in [0, 0.1) is 5.92 Å². The number of benzene rings is 1. The third-order valence-corrected chi connectivity index (χ3v) is 4.47. The van der Waals surface area contributed by atoms with Crippen molar-refractivity contribution in [2.45, 2.75) is 38.1 Å². The molecule has 0 saturated heterocycles. The predicted octanol–water partition coefficient (Wildman–Crippen LogP) is 2.03. The van der Waals surface area contributed by atoms with Gasteiger partial charge in [0.2, 0.25) is 10.0 Å². The summed E-state index contributed by atoms with van der Waals surface area (Å²) in [6.45, 7) is 5.98. The maximum atomic E-state index is 12.1. The van der Waals surface area contributed by atoms with Crippen molar-refractivity contribution in [2.75, 3.05) is 0 Å². The molecule has 1 aromatic carbocycles. The van der Waals surface area contributed by atoms with E-state index >= 15 is 0 Å². The van der Waals surface area contributed by atoms with E-state index in [9.17, 15) is 8.42 Å². The maximum absolute atomic E-state index is 12.1. The smallest absolute Gasteiger partial charge is 0.240 e. The van der Waals surface area contributed by atoms with Crippen LogP contribution in [0.5, 0.6) is 0 Å². The summed E-state index contributed by atoms with van der Waals surface area (Å²) in [5.74, 6) is 0.440. The third-order valence-electron chi connectivity index (χ3n) is 2.63. The number of rotatable bonds is 6. The van der Waals surface area contributed by atoms with Crippen LogP contribution in [0.25, 0.3) is 0 Å². The van der Waals surface area contributed by atoms with E-state index in [0.29, 0.717) is 11.5 Å². The van der Waals surface area contributed by atoms with E-state index in [1.807, 2.05) is 6.92 Å². The van der Waals surface area contributed by atoms with E-state index in [2.05, 4.69) is 18.6 Å². The minimum absolute atomic E-state index is 0.0970. The highest BCUT2D eigenvalue weighted by Crippen LogP contribution is 2.13. The molecule has 0 aliphatic rings. The van der Waals surface area contributed by atoms with Crippen LogP contribution < -0.4 is 10.5 Å². The number of nitrogens with two attached hydrogens (primary N) is 1. The van der Waals surface area contributed by atoms with Crippen LogP contribution in [0.3, 0.4) is 0 Å². The highest BCUT2D eigenvalue weighted by atomic mass is 32.2. The molecule has 0 aliphatic heterocycles. The quantitative estimate of drug-likeness (QED) is 0.789. The van der Waals surface area contributed by atoms with Gasteiger partial charge in [0, 0.05) is 11.6 Å². The van der Waals surface area contributed by atoms with Crippen molar-refractivity contribution in [1.29, 1.82) is 0 Å². The van der Waals surface area contributed by atoms with Gasteiger partial charge < -0.3 is 5.73 Å². The van der Waals surface area contributed by atoms with Gasteiger partial charge >= 0.3 is 0 Å². The molecule has 106 valence electrons. The van der Waals surface area contributed by atoms with E-state index in [0.717, 1.165) is 6.42 Å². The summed E-state index contributed by atoms with van der Waals surface area (Å²) in [7, 11) is -3.48. The highest BCUT2D eigenvalue weighted by Gasteiger charge is 2.17. The second-order valence-corrected chi connectivity index (χ2v) is 7.19. The minimum atomic E-state index is -3.48. The minimum Gasteiger partial charge on any atom is -0.389 e. The molecule has 1 unspecified atom stereocenters. The lowest BCUT2D eigenvalue weighted by atomic mass is 10.1. The first-order valence-corrected chi connectivity index (χ1v) is 8.03. The van der Waals surface area contributed by atoms with Gasteiger partial charge in [0.25, 0.3) is 0 Å². The molecule has 0 bridgehead atoms. The van der Waals surface area contributed by atoms with Gasteiger partial charge in [-0.25, -0.2) is 13.1 Å².